The molecule has 0 spiro atoms. The first-order valence-corrected chi connectivity index (χ1v) is 3.18. The van der Waals surface area contributed by atoms with Gasteiger partial charge in [0.15, 0.2) is 5.71 Å². The molecule has 12 heavy (non-hydrogen) atoms. The van der Waals surface area contributed by atoms with E-state index in [4.69, 9.17) is 28.5 Å². The molecule has 3 nitrogen and oxygen atoms in total. The van der Waals surface area contributed by atoms with E-state index in [9.17, 15) is 13.2 Å². The number of allylic oxidation sites excluding steroid dienone is 1. The molecule has 0 heterocycles. The summed E-state index contributed by atoms with van der Waals surface area (Å²) in [6, 6.07) is 0. The van der Waals surface area contributed by atoms with Crippen molar-refractivity contribution < 1.29 is 13.2 Å². The molecule has 0 aliphatic heterocycles. The first-order valence-electron chi connectivity index (χ1n) is 2.81. The second kappa shape index (κ2) is 3.77. The van der Waals surface area contributed by atoms with Gasteiger partial charge in [0.25, 0.3) is 0 Å². The number of hydrogen-bond donors (Lipinski definition) is 3. The highest BCUT2D eigenvalue weighted by atomic mass is 35.5. The van der Waals surface area contributed by atoms with E-state index in [-0.39, 0.29) is 12.2 Å². The molecular formula is C5H7ClF3N3. The topological polar surface area (TPSA) is 75.9 Å². The molecule has 0 aliphatic rings. The Labute approximate surface area is 71.7 Å². The van der Waals surface area contributed by atoms with E-state index in [2.05, 4.69) is 0 Å². The second-order valence-corrected chi connectivity index (χ2v) is 2.29. The van der Waals surface area contributed by atoms with Crippen LogP contribution in [0.15, 0.2) is 10.7 Å². The second-order valence-electron chi connectivity index (χ2n) is 1.92. The highest BCUT2D eigenvalue weighted by molar-refractivity contribution is 6.44. The van der Waals surface area contributed by atoms with Gasteiger partial charge in [-0.05, 0) is 0 Å². The maximum atomic E-state index is 11.8. The summed E-state index contributed by atoms with van der Waals surface area (Å²) in [4.78, 5) is 0. The van der Waals surface area contributed by atoms with Crippen LogP contribution < -0.4 is 11.5 Å². The molecule has 70 valence electrons. The summed E-state index contributed by atoms with van der Waals surface area (Å²) in [6.07, 6.45) is -4.78. The minimum Gasteiger partial charge on any atom is -0.400 e. The van der Waals surface area contributed by atoms with Crippen LogP contribution in [0.25, 0.3) is 0 Å². The van der Waals surface area contributed by atoms with E-state index in [0.29, 0.717) is 0 Å². The summed E-state index contributed by atoms with van der Waals surface area (Å²) in [5, 5.41) is 5.69. The summed E-state index contributed by atoms with van der Waals surface area (Å²) in [7, 11) is 0. The summed E-state index contributed by atoms with van der Waals surface area (Å²) >= 11 is 5.10. The Morgan fingerprint density at radius 3 is 2.08 bits per heavy atom. The molecular weight excluding hydrogens is 195 g/mol. The lowest BCUT2D eigenvalue weighted by atomic mass is 10.3. The maximum absolute atomic E-state index is 11.8. The van der Waals surface area contributed by atoms with Crippen molar-refractivity contribution in [1.29, 1.82) is 5.41 Å². The van der Waals surface area contributed by atoms with Crippen molar-refractivity contribution in [2.45, 2.75) is 6.18 Å². The molecule has 0 aromatic carbocycles. The van der Waals surface area contributed by atoms with E-state index in [1.165, 1.54) is 0 Å². The zero-order valence-electron chi connectivity index (χ0n) is 5.87. The Balaban J connectivity index is 4.74. The fourth-order valence-electron chi connectivity index (χ4n) is 0.375. The normalized spacial score (nSPS) is 14.1. The number of nitrogens with two attached hydrogens (primary N) is 2. The quantitative estimate of drug-likeness (QED) is 0.582. The van der Waals surface area contributed by atoms with Crippen LogP contribution in [0.2, 0.25) is 0 Å². The van der Waals surface area contributed by atoms with E-state index in [0.717, 1.165) is 0 Å². The van der Waals surface area contributed by atoms with Crippen LogP contribution in [0.3, 0.4) is 0 Å². The monoisotopic (exact) mass is 201 g/mol. The van der Waals surface area contributed by atoms with Crippen molar-refractivity contribution in [2.24, 2.45) is 11.5 Å². The molecule has 0 aromatic heterocycles. The molecule has 0 bridgehead atoms. The van der Waals surface area contributed by atoms with Crippen molar-refractivity contribution in [3.8, 4) is 0 Å². The van der Waals surface area contributed by atoms with Crippen molar-refractivity contribution in [3.05, 3.63) is 10.7 Å². The SMILES string of the molecule is N=C(/C(Cl)=C(\N)CN)C(F)(F)F. The lowest BCUT2D eigenvalue weighted by Gasteiger charge is -2.08. The third kappa shape index (κ3) is 2.71. The van der Waals surface area contributed by atoms with Gasteiger partial charge in [-0.2, -0.15) is 13.2 Å². The van der Waals surface area contributed by atoms with E-state index >= 15 is 0 Å². The summed E-state index contributed by atoms with van der Waals surface area (Å²) in [5.74, 6) is 0. The van der Waals surface area contributed by atoms with Crippen LogP contribution in [0, 0.1) is 5.41 Å². The Morgan fingerprint density at radius 1 is 1.42 bits per heavy atom. The van der Waals surface area contributed by atoms with Gasteiger partial charge in [0, 0.05) is 12.2 Å². The van der Waals surface area contributed by atoms with Gasteiger partial charge in [-0.25, -0.2) is 0 Å². The van der Waals surface area contributed by atoms with Gasteiger partial charge in [0.2, 0.25) is 0 Å². The fourth-order valence-corrected chi connectivity index (χ4v) is 0.559. The molecule has 0 rings (SSSR count). The lowest BCUT2D eigenvalue weighted by Crippen LogP contribution is -2.26. The molecule has 0 fully saturated rings. The average Bonchev–Trinajstić information content (AvgIpc) is 1.98. The molecule has 0 unspecified atom stereocenters. The van der Waals surface area contributed by atoms with Crippen LogP contribution in [-0.4, -0.2) is 18.4 Å². The number of halogens is 4. The first-order chi connectivity index (χ1) is 5.30. The minimum absolute atomic E-state index is 0.308. The Bertz CT molecular complexity index is 220. The van der Waals surface area contributed by atoms with Crippen molar-refractivity contribution in [1.82, 2.24) is 0 Å². The average molecular weight is 202 g/mol. The zero-order chi connectivity index (χ0) is 9.94. The molecule has 0 atom stereocenters. The molecule has 0 aliphatic carbocycles. The van der Waals surface area contributed by atoms with Crippen LogP contribution in [-0.2, 0) is 0 Å². The molecule has 5 N–H and O–H groups in total. The smallest absolute Gasteiger partial charge is 0.400 e. The Kier molecular flexibility index (Phi) is 3.54. The molecule has 7 heteroatoms. The number of rotatable bonds is 2. The zero-order valence-corrected chi connectivity index (χ0v) is 6.63. The van der Waals surface area contributed by atoms with E-state index in [1.54, 1.807) is 0 Å². The largest absolute Gasteiger partial charge is 0.434 e. The number of alkyl halides is 3. The Hall–Kier alpha value is -0.750. The number of nitrogens with one attached hydrogen (secondary N) is 1. The van der Waals surface area contributed by atoms with E-state index in [1.807, 2.05) is 0 Å². The minimum atomic E-state index is -4.78. The standard InChI is InChI=1S/C5H7ClF3N3/c6-3(2(11)1-10)4(12)5(7,8)9/h12H,1,10-11H2/b3-2+,12-4?. The summed E-state index contributed by atoms with van der Waals surface area (Å²) in [5.41, 5.74) is 7.90. The maximum Gasteiger partial charge on any atom is 0.434 e. The predicted octanol–water partition coefficient (Wildman–Crippen LogP) is 0.936. The fraction of sp³-hybridized carbons (Fsp3) is 0.400. The van der Waals surface area contributed by atoms with Gasteiger partial charge < -0.3 is 11.5 Å². The van der Waals surface area contributed by atoms with Crippen molar-refractivity contribution in [2.75, 3.05) is 6.54 Å². The predicted molar refractivity (Wildman–Crippen MR) is 39.9 cm³/mol. The Morgan fingerprint density at radius 2 is 1.83 bits per heavy atom. The third-order valence-electron chi connectivity index (χ3n) is 1.00. The molecule has 0 aromatic rings. The van der Waals surface area contributed by atoms with Crippen LogP contribution in [0.5, 0.6) is 0 Å². The van der Waals surface area contributed by atoms with Crippen molar-refractivity contribution >= 4 is 17.3 Å². The third-order valence-corrected chi connectivity index (χ3v) is 1.44. The molecule has 0 saturated carbocycles. The van der Waals surface area contributed by atoms with Crippen molar-refractivity contribution in [3.63, 3.8) is 0 Å². The van der Waals surface area contributed by atoms with Gasteiger partial charge in [-0.1, -0.05) is 11.6 Å². The molecule has 0 amide bonds. The highest BCUT2D eigenvalue weighted by Gasteiger charge is 2.36. The summed E-state index contributed by atoms with van der Waals surface area (Å²) < 4.78 is 35.3. The first kappa shape index (κ1) is 11.2. The lowest BCUT2D eigenvalue weighted by molar-refractivity contribution is -0.0586. The van der Waals surface area contributed by atoms with Crippen LogP contribution in [0.4, 0.5) is 13.2 Å². The van der Waals surface area contributed by atoms with Gasteiger partial charge in [0.05, 0.1) is 5.03 Å². The van der Waals surface area contributed by atoms with Gasteiger partial charge >= 0.3 is 6.18 Å². The summed E-state index contributed by atoms with van der Waals surface area (Å²) in [6.45, 7) is -0.308. The van der Waals surface area contributed by atoms with Gasteiger partial charge in [-0.3, -0.25) is 5.41 Å². The van der Waals surface area contributed by atoms with E-state index < -0.39 is 16.9 Å². The van der Waals surface area contributed by atoms with Gasteiger partial charge in [-0.15, -0.1) is 0 Å². The molecule has 0 radical (unpaired) electrons. The van der Waals surface area contributed by atoms with Crippen LogP contribution in [0.1, 0.15) is 0 Å². The number of hydrogen-bond acceptors (Lipinski definition) is 3. The van der Waals surface area contributed by atoms with Gasteiger partial charge in [0.1, 0.15) is 0 Å². The highest BCUT2D eigenvalue weighted by Crippen LogP contribution is 2.23. The molecule has 0 saturated heterocycles. The van der Waals surface area contributed by atoms with Crippen LogP contribution >= 0.6 is 11.6 Å².